The zero-order chi connectivity index (χ0) is 14.7. The molecule has 0 spiro atoms. The normalized spacial score (nSPS) is 26.1. The fourth-order valence-corrected chi connectivity index (χ4v) is 3.79. The van der Waals surface area contributed by atoms with Crippen LogP contribution < -0.4 is 0 Å². The van der Waals surface area contributed by atoms with E-state index in [1.54, 1.807) is 0 Å². The molecule has 0 bridgehead atoms. The smallest absolute Gasteiger partial charge is 0.192 e. The lowest BCUT2D eigenvalue weighted by atomic mass is 9.93. The number of carbonyl (C=O) groups is 1. The monoisotopic (exact) mass is 282 g/mol. The Labute approximate surface area is 119 Å². The minimum atomic E-state index is -1.80. The standard InChI is InChI=1S/C16H30O2Si/c1-7-10-13-14(17)11-8-9-12-15(13)18-19(5,6)16(2,3)4/h7,13,15H,1,8-12H2,2-6H3/t13-,15+/m0/s1. The molecular weight excluding hydrogens is 252 g/mol. The molecular formula is C16H30O2Si. The second kappa shape index (κ2) is 6.36. The van der Waals surface area contributed by atoms with E-state index in [0.29, 0.717) is 5.78 Å². The predicted octanol–water partition coefficient (Wildman–Crippen LogP) is 4.71. The lowest BCUT2D eigenvalue weighted by Crippen LogP contribution is -2.46. The first-order chi connectivity index (χ1) is 8.69. The van der Waals surface area contributed by atoms with Gasteiger partial charge >= 0.3 is 0 Å². The summed E-state index contributed by atoms with van der Waals surface area (Å²) in [6, 6.07) is 0. The topological polar surface area (TPSA) is 26.3 Å². The van der Waals surface area contributed by atoms with Gasteiger partial charge in [0.05, 0.1) is 6.10 Å². The van der Waals surface area contributed by atoms with Crippen molar-refractivity contribution >= 4 is 14.1 Å². The van der Waals surface area contributed by atoms with Crippen molar-refractivity contribution in [3.8, 4) is 0 Å². The second-order valence-corrected chi connectivity index (χ2v) is 12.0. The molecule has 19 heavy (non-hydrogen) atoms. The maximum atomic E-state index is 12.2. The van der Waals surface area contributed by atoms with E-state index in [-0.39, 0.29) is 17.1 Å². The van der Waals surface area contributed by atoms with Gasteiger partial charge in [-0.2, -0.15) is 0 Å². The Kier molecular flexibility index (Phi) is 5.57. The molecule has 2 atom stereocenters. The highest BCUT2D eigenvalue weighted by Crippen LogP contribution is 2.40. The molecule has 0 heterocycles. The molecule has 0 unspecified atom stereocenters. The van der Waals surface area contributed by atoms with Crippen molar-refractivity contribution in [3.05, 3.63) is 12.7 Å². The van der Waals surface area contributed by atoms with Crippen molar-refractivity contribution in [2.75, 3.05) is 0 Å². The molecule has 3 heteroatoms. The van der Waals surface area contributed by atoms with Crippen molar-refractivity contribution in [1.29, 1.82) is 0 Å². The second-order valence-electron chi connectivity index (χ2n) is 7.26. The molecule has 0 aromatic heterocycles. The van der Waals surface area contributed by atoms with E-state index < -0.39 is 8.32 Å². The Bertz CT molecular complexity index is 328. The summed E-state index contributed by atoms with van der Waals surface area (Å²) in [5, 5.41) is 0.196. The highest BCUT2D eigenvalue weighted by atomic mass is 28.4. The van der Waals surface area contributed by atoms with Gasteiger partial charge in [-0.1, -0.05) is 33.3 Å². The van der Waals surface area contributed by atoms with Crippen LogP contribution in [0.1, 0.15) is 52.9 Å². The van der Waals surface area contributed by atoms with Gasteiger partial charge in [0.15, 0.2) is 8.32 Å². The first-order valence-electron chi connectivity index (χ1n) is 7.50. The summed E-state index contributed by atoms with van der Waals surface area (Å²) in [4.78, 5) is 12.2. The first-order valence-corrected chi connectivity index (χ1v) is 10.4. The molecule has 0 aromatic rings. The Hall–Kier alpha value is -0.413. The van der Waals surface area contributed by atoms with E-state index in [1.807, 2.05) is 6.08 Å². The lowest BCUT2D eigenvalue weighted by Gasteiger charge is -2.40. The molecule has 110 valence electrons. The molecule has 0 saturated heterocycles. The van der Waals surface area contributed by atoms with Crippen LogP contribution in [-0.2, 0) is 9.22 Å². The van der Waals surface area contributed by atoms with Crippen LogP contribution in [0.4, 0.5) is 0 Å². The maximum absolute atomic E-state index is 12.2. The average molecular weight is 282 g/mol. The third-order valence-corrected chi connectivity index (χ3v) is 9.20. The van der Waals surface area contributed by atoms with Gasteiger partial charge in [0.25, 0.3) is 0 Å². The maximum Gasteiger partial charge on any atom is 0.192 e. The van der Waals surface area contributed by atoms with Gasteiger partial charge in [0.2, 0.25) is 0 Å². The quantitative estimate of drug-likeness (QED) is 0.424. The van der Waals surface area contributed by atoms with Crippen LogP contribution in [0.25, 0.3) is 0 Å². The van der Waals surface area contributed by atoms with Crippen molar-refractivity contribution in [2.24, 2.45) is 5.92 Å². The molecule has 0 aliphatic heterocycles. The zero-order valence-corrected chi connectivity index (χ0v) is 14.3. The summed E-state index contributed by atoms with van der Waals surface area (Å²) in [5.41, 5.74) is 0. The Morgan fingerprint density at radius 3 is 2.53 bits per heavy atom. The van der Waals surface area contributed by atoms with E-state index in [9.17, 15) is 4.79 Å². The van der Waals surface area contributed by atoms with Crippen molar-refractivity contribution in [3.63, 3.8) is 0 Å². The van der Waals surface area contributed by atoms with E-state index in [4.69, 9.17) is 4.43 Å². The predicted molar refractivity (Wildman–Crippen MR) is 83.8 cm³/mol. The zero-order valence-electron chi connectivity index (χ0n) is 13.3. The third kappa shape index (κ3) is 4.28. The van der Waals surface area contributed by atoms with Crippen LogP contribution in [0.2, 0.25) is 18.1 Å². The SMILES string of the molecule is C=CC[C@H]1C(=O)CCCC[C@H]1O[Si](C)(C)C(C)(C)C. The van der Waals surface area contributed by atoms with E-state index in [2.05, 4.69) is 40.4 Å². The van der Waals surface area contributed by atoms with Crippen LogP contribution in [0, 0.1) is 5.92 Å². The van der Waals surface area contributed by atoms with Crippen molar-refractivity contribution in [1.82, 2.24) is 0 Å². The Morgan fingerprint density at radius 1 is 1.37 bits per heavy atom. The van der Waals surface area contributed by atoms with Gasteiger partial charge in [-0.25, -0.2) is 0 Å². The van der Waals surface area contributed by atoms with Crippen LogP contribution in [0.5, 0.6) is 0 Å². The summed E-state index contributed by atoms with van der Waals surface area (Å²) in [7, 11) is -1.80. The summed E-state index contributed by atoms with van der Waals surface area (Å²) in [6.45, 7) is 15.1. The summed E-state index contributed by atoms with van der Waals surface area (Å²) < 4.78 is 6.53. The van der Waals surface area contributed by atoms with Gasteiger partial charge in [-0.15, -0.1) is 6.58 Å². The number of hydrogen-bond donors (Lipinski definition) is 0. The molecule has 2 nitrogen and oxygen atoms in total. The van der Waals surface area contributed by atoms with Crippen LogP contribution in [-0.4, -0.2) is 20.2 Å². The van der Waals surface area contributed by atoms with Crippen molar-refractivity contribution < 1.29 is 9.22 Å². The summed E-state index contributed by atoms with van der Waals surface area (Å²) >= 11 is 0. The molecule has 1 fully saturated rings. The van der Waals surface area contributed by atoms with E-state index in [0.717, 1.165) is 32.1 Å². The third-order valence-electron chi connectivity index (χ3n) is 4.70. The van der Waals surface area contributed by atoms with Gasteiger partial charge in [0.1, 0.15) is 5.78 Å². The molecule has 0 amide bonds. The minimum Gasteiger partial charge on any atom is -0.413 e. The number of ketones is 1. The Morgan fingerprint density at radius 2 is 2.00 bits per heavy atom. The molecule has 1 saturated carbocycles. The molecule has 0 N–H and O–H groups in total. The van der Waals surface area contributed by atoms with Gasteiger partial charge < -0.3 is 4.43 Å². The fourth-order valence-electron chi connectivity index (χ4n) is 2.40. The number of carbonyl (C=O) groups excluding carboxylic acids is 1. The molecule has 0 aromatic carbocycles. The number of allylic oxidation sites excluding steroid dienone is 1. The number of hydrogen-bond acceptors (Lipinski definition) is 2. The summed E-state index contributed by atoms with van der Waals surface area (Å²) in [6.07, 6.45) is 6.61. The molecule has 1 aliphatic rings. The lowest BCUT2D eigenvalue weighted by molar-refractivity contribution is -0.125. The Balaban J connectivity index is 2.87. The molecule has 0 radical (unpaired) electrons. The largest absolute Gasteiger partial charge is 0.413 e. The number of Topliss-reactive ketones (excluding diaryl/α,β-unsaturated/α-hetero) is 1. The number of rotatable bonds is 4. The van der Waals surface area contributed by atoms with E-state index in [1.165, 1.54) is 0 Å². The first kappa shape index (κ1) is 16.6. The fraction of sp³-hybridized carbons (Fsp3) is 0.812. The molecule has 1 rings (SSSR count). The van der Waals surface area contributed by atoms with Gasteiger partial charge in [-0.3, -0.25) is 4.79 Å². The van der Waals surface area contributed by atoms with Gasteiger partial charge in [0, 0.05) is 12.3 Å². The van der Waals surface area contributed by atoms with Crippen LogP contribution in [0.3, 0.4) is 0 Å². The average Bonchev–Trinajstić information content (AvgIpc) is 2.42. The highest BCUT2D eigenvalue weighted by Gasteiger charge is 2.42. The van der Waals surface area contributed by atoms with E-state index >= 15 is 0 Å². The van der Waals surface area contributed by atoms with Crippen LogP contribution in [0.15, 0.2) is 12.7 Å². The highest BCUT2D eigenvalue weighted by molar-refractivity contribution is 6.74. The van der Waals surface area contributed by atoms with Gasteiger partial charge in [-0.05, 0) is 37.4 Å². The summed E-state index contributed by atoms with van der Waals surface area (Å²) in [5.74, 6) is 0.412. The molecule has 1 aliphatic carbocycles. The van der Waals surface area contributed by atoms with Crippen molar-refractivity contribution in [2.45, 2.75) is 77.1 Å². The van der Waals surface area contributed by atoms with Crippen LogP contribution >= 0.6 is 0 Å². The minimum absolute atomic E-state index is 0.0362.